The van der Waals surface area contributed by atoms with Gasteiger partial charge >= 0.3 is 0 Å². The summed E-state index contributed by atoms with van der Waals surface area (Å²) in [4.78, 5) is 0. The Labute approximate surface area is 62.7 Å². The van der Waals surface area contributed by atoms with E-state index in [1.165, 1.54) is 0 Å². The lowest BCUT2D eigenvalue weighted by Gasteiger charge is -2.05. The molecule has 0 aromatic heterocycles. The molecule has 0 aliphatic rings. The topological polar surface area (TPSA) is 50.7 Å². The molecule has 0 unspecified atom stereocenters. The first kappa shape index (κ1) is 9.56. The van der Waals surface area contributed by atoms with Gasteiger partial charge < -0.3 is 5.73 Å². The van der Waals surface area contributed by atoms with Crippen LogP contribution in [0.5, 0.6) is 0 Å². The summed E-state index contributed by atoms with van der Waals surface area (Å²) in [6.07, 6.45) is 3.19. The van der Waals surface area contributed by atoms with Crippen molar-refractivity contribution in [2.45, 2.75) is 32.2 Å². The number of hydrogen-bond donors (Lipinski definition) is 1. The van der Waals surface area contributed by atoms with Crippen LogP contribution in [0.15, 0.2) is 10.2 Å². The molecule has 0 saturated heterocycles. The Bertz CT molecular complexity index is 90.9. The summed E-state index contributed by atoms with van der Waals surface area (Å²) in [5, 5.41) is 7.79. The zero-order valence-corrected chi connectivity index (χ0v) is 6.88. The van der Waals surface area contributed by atoms with Crippen molar-refractivity contribution in [1.29, 1.82) is 0 Å². The highest BCUT2D eigenvalue weighted by molar-refractivity contribution is 4.61. The summed E-state index contributed by atoms with van der Waals surface area (Å²) in [6.45, 7) is 2.88. The summed E-state index contributed by atoms with van der Waals surface area (Å²) in [7, 11) is 1.71. The zero-order chi connectivity index (χ0) is 7.82. The maximum absolute atomic E-state index is 5.36. The van der Waals surface area contributed by atoms with Crippen LogP contribution in [0, 0.1) is 0 Å². The van der Waals surface area contributed by atoms with Crippen LogP contribution >= 0.6 is 0 Å². The first-order valence-corrected chi connectivity index (χ1v) is 3.84. The quantitative estimate of drug-likeness (QED) is 0.584. The molecule has 0 spiro atoms. The summed E-state index contributed by atoms with van der Waals surface area (Å²) >= 11 is 0. The average molecular weight is 143 g/mol. The van der Waals surface area contributed by atoms with Gasteiger partial charge in [0.2, 0.25) is 0 Å². The van der Waals surface area contributed by atoms with E-state index < -0.39 is 0 Å². The fraction of sp³-hybridized carbons (Fsp3) is 1.00. The maximum atomic E-state index is 5.36. The van der Waals surface area contributed by atoms with Crippen molar-refractivity contribution >= 4 is 0 Å². The second-order valence-corrected chi connectivity index (χ2v) is 2.31. The van der Waals surface area contributed by atoms with Crippen LogP contribution in [0.1, 0.15) is 26.2 Å². The van der Waals surface area contributed by atoms with Crippen LogP contribution in [0.2, 0.25) is 0 Å². The molecule has 0 rings (SSSR count). The van der Waals surface area contributed by atoms with Gasteiger partial charge in [-0.1, -0.05) is 6.92 Å². The average Bonchev–Trinajstić information content (AvgIpc) is 1.98. The third kappa shape index (κ3) is 4.44. The lowest BCUT2D eigenvalue weighted by Crippen LogP contribution is -2.06. The summed E-state index contributed by atoms with van der Waals surface area (Å²) in [6, 6.07) is 0.397. The van der Waals surface area contributed by atoms with E-state index in [0.717, 1.165) is 25.8 Å². The Balaban J connectivity index is 3.39. The van der Waals surface area contributed by atoms with Crippen molar-refractivity contribution in [3.63, 3.8) is 0 Å². The number of nitrogens with zero attached hydrogens (tertiary/aromatic N) is 2. The molecule has 0 radical (unpaired) electrons. The second kappa shape index (κ2) is 6.68. The van der Waals surface area contributed by atoms with E-state index in [1.54, 1.807) is 7.05 Å². The molecule has 3 heteroatoms. The molecule has 0 saturated carbocycles. The van der Waals surface area contributed by atoms with E-state index in [1.807, 2.05) is 0 Å². The van der Waals surface area contributed by atoms with Crippen molar-refractivity contribution in [1.82, 2.24) is 0 Å². The Morgan fingerprint density at radius 1 is 1.50 bits per heavy atom. The molecular weight excluding hydrogens is 126 g/mol. The van der Waals surface area contributed by atoms with Crippen molar-refractivity contribution in [2.24, 2.45) is 16.0 Å². The molecule has 0 aliphatic carbocycles. The van der Waals surface area contributed by atoms with E-state index in [0.29, 0.717) is 6.04 Å². The van der Waals surface area contributed by atoms with E-state index in [2.05, 4.69) is 17.2 Å². The molecule has 0 heterocycles. The largest absolute Gasteiger partial charge is 0.330 e. The van der Waals surface area contributed by atoms with Gasteiger partial charge in [0.1, 0.15) is 0 Å². The molecule has 0 amide bonds. The van der Waals surface area contributed by atoms with Gasteiger partial charge in [0.15, 0.2) is 0 Å². The SMILES string of the molecule is CC[C@H](CCCN)/N=N\C. The maximum Gasteiger partial charge on any atom is 0.0706 e. The third-order valence-electron chi connectivity index (χ3n) is 1.49. The third-order valence-corrected chi connectivity index (χ3v) is 1.49. The van der Waals surface area contributed by atoms with Crippen molar-refractivity contribution in [3.8, 4) is 0 Å². The number of nitrogens with two attached hydrogens (primary N) is 1. The van der Waals surface area contributed by atoms with Crippen LogP contribution in [0.3, 0.4) is 0 Å². The van der Waals surface area contributed by atoms with Gasteiger partial charge in [-0.15, -0.1) is 0 Å². The van der Waals surface area contributed by atoms with Crippen LogP contribution < -0.4 is 5.73 Å². The lowest BCUT2D eigenvalue weighted by molar-refractivity contribution is 0.552. The molecule has 2 N–H and O–H groups in total. The Morgan fingerprint density at radius 3 is 2.60 bits per heavy atom. The molecule has 0 bridgehead atoms. The van der Waals surface area contributed by atoms with Crippen LogP contribution in [0.25, 0.3) is 0 Å². The monoisotopic (exact) mass is 143 g/mol. The van der Waals surface area contributed by atoms with E-state index >= 15 is 0 Å². The van der Waals surface area contributed by atoms with Crippen LogP contribution in [-0.2, 0) is 0 Å². The summed E-state index contributed by atoms with van der Waals surface area (Å²) < 4.78 is 0. The minimum absolute atomic E-state index is 0.397. The zero-order valence-electron chi connectivity index (χ0n) is 6.88. The fourth-order valence-corrected chi connectivity index (χ4v) is 0.860. The van der Waals surface area contributed by atoms with Gasteiger partial charge in [-0.2, -0.15) is 10.2 Å². The summed E-state index contributed by atoms with van der Waals surface area (Å²) in [5.74, 6) is 0. The highest BCUT2D eigenvalue weighted by atomic mass is 15.1. The van der Waals surface area contributed by atoms with Crippen molar-refractivity contribution < 1.29 is 0 Å². The highest BCUT2D eigenvalue weighted by Gasteiger charge is 2.01. The first-order valence-electron chi connectivity index (χ1n) is 3.84. The van der Waals surface area contributed by atoms with E-state index in [-0.39, 0.29) is 0 Å². The van der Waals surface area contributed by atoms with Gasteiger partial charge in [0.05, 0.1) is 6.04 Å². The molecule has 0 aromatic rings. The Hall–Kier alpha value is -0.440. The molecule has 60 valence electrons. The van der Waals surface area contributed by atoms with Gasteiger partial charge in [-0.05, 0) is 25.8 Å². The second-order valence-electron chi connectivity index (χ2n) is 2.31. The lowest BCUT2D eigenvalue weighted by atomic mass is 10.1. The first-order chi connectivity index (χ1) is 4.85. The Morgan fingerprint density at radius 2 is 2.20 bits per heavy atom. The van der Waals surface area contributed by atoms with Gasteiger partial charge in [-0.25, -0.2) is 0 Å². The normalized spacial score (nSPS) is 14.3. The molecule has 0 aromatic carbocycles. The minimum Gasteiger partial charge on any atom is -0.330 e. The van der Waals surface area contributed by atoms with Gasteiger partial charge in [0.25, 0.3) is 0 Å². The molecule has 0 aliphatic heterocycles. The fourth-order valence-electron chi connectivity index (χ4n) is 0.860. The Kier molecular flexibility index (Phi) is 6.38. The van der Waals surface area contributed by atoms with Gasteiger partial charge in [-0.3, -0.25) is 0 Å². The molecule has 1 atom stereocenters. The smallest absolute Gasteiger partial charge is 0.0706 e. The molecule has 0 fully saturated rings. The predicted molar refractivity (Wildman–Crippen MR) is 43.1 cm³/mol. The van der Waals surface area contributed by atoms with Crippen LogP contribution in [0.4, 0.5) is 0 Å². The number of hydrogen-bond acceptors (Lipinski definition) is 3. The molecule has 3 nitrogen and oxygen atoms in total. The minimum atomic E-state index is 0.397. The number of rotatable bonds is 5. The van der Waals surface area contributed by atoms with E-state index in [4.69, 9.17) is 5.73 Å². The molecular formula is C7H17N3. The standard InChI is InChI=1S/C7H17N3/c1-3-7(10-9-2)5-4-6-8/h7H,3-6,8H2,1-2H3/b10-9-/t7-/m1/s1. The van der Waals surface area contributed by atoms with E-state index in [9.17, 15) is 0 Å². The summed E-state index contributed by atoms with van der Waals surface area (Å²) in [5.41, 5.74) is 5.36. The van der Waals surface area contributed by atoms with Gasteiger partial charge in [0, 0.05) is 7.05 Å². The molecule has 10 heavy (non-hydrogen) atoms. The predicted octanol–water partition coefficient (Wildman–Crippen LogP) is 1.59. The number of azo groups is 1. The highest BCUT2D eigenvalue weighted by Crippen LogP contribution is 2.05. The van der Waals surface area contributed by atoms with Crippen molar-refractivity contribution in [2.75, 3.05) is 13.6 Å². The van der Waals surface area contributed by atoms with Crippen LogP contribution in [-0.4, -0.2) is 19.6 Å². The van der Waals surface area contributed by atoms with Crippen molar-refractivity contribution in [3.05, 3.63) is 0 Å².